The summed E-state index contributed by atoms with van der Waals surface area (Å²) in [6.07, 6.45) is 8.60. The molecule has 2 heterocycles. The normalized spacial score (nSPS) is 28.4. The van der Waals surface area contributed by atoms with Gasteiger partial charge in [0.15, 0.2) is 5.78 Å². The van der Waals surface area contributed by atoms with Gasteiger partial charge in [-0.15, -0.1) is 12.4 Å². The zero-order chi connectivity index (χ0) is 33.6. The molecule has 6 rings (SSSR count). The number of ketones is 1. The summed E-state index contributed by atoms with van der Waals surface area (Å²) in [6, 6.07) is 11.3. The van der Waals surface area contributed by atoms with Crippen LogP contribution in [-0.4, -0.2) is 64.1 Å². The van der Waals surface area contributed by atoms with Crippen LogP contribution in [0.5, 0.6) is 5.75 Å². The highest BCUT2D eigenvalue weighted by atomic mass is 127. The number of allylic oxidation sites excluding steroid dienone is 2. The van der Waals surface area contributed by atoms with E-state index in [9.17, 15) is 18.0 Å². The van der Waals surface area contributed by atoms with Crippen LogP contribution in [0.2, 0.25) is 5.02 Å². The number of sulfonamides is 1. The Morgan fingerprint density at radius 2 is 1.81 bits per heavy atom. The van der Waals surface area contributed by atoms with Crippen LogP contribution in [0.25, 0.3) is 0 Å². The van der Waals surface area contributed by atoms with Gasteiger partial charge in [-0.1, -0.05) is 53.3 Å². The van der Waals surface area contributed by atoms with E-state index in [1.165, 1.54) is 11.1 Å². The third kappa shape index (κ3) is 8.84. The highest BCUT2D eigenvalue weighted by molar-refractivity contribution is 14.1. The van der Waals surface area contributed by atoms with Crippen LogP contribution in [0.4, 0.5) is 5.69 Å². The first-order valence-electron chi connectivity index (χ1n) is 16.0. The lowest BCUT2D eigenvalue weighted by atomic mass is 9.68. The zero-order valence-electron chi connectivity index (χ0n) is 27.9. The number of anilines is 1. The minimum Gasteiger partial charge on any atom is -0.490 e. The Hall–Kier alpha value is -1.86. The van der Waals surface area contributed by atoms with E-state index >= 15 is 0 Å². The molecule has 2 aromatic rings. The Morgan fingerprint density at radius 3 is 2.49 bits per heavy atom. The number of halogens is 3. The number of benzene rings is 2. The fourth-order valence-corrected chi connectivity index (χ4v) is 8.48. The standard InChI is InChI=1S/C32H37ClN2O5S.C2H7N.CH3I.ClH/c1-20-5-3-7-29(36)26-11-8-24(26)17-35-18-32(14-4-6-22-15-25(33)10-12-27(22)32)19-40-30-13-9-23(16-28(30)35)31(37)34-41(38,39)21(20)2;1-3-2;1-2;/h3,7,9-10,12-13,15-16,20-21,24,26H,4-6,8,11,14,17-19H2,1-2H3,(H,34,37);3H,1-2H3;1H3;1H/b7-3+;;;/t20-,21+,24-,26+,32-;;;/m0.../s1. The summed E-state index contributed by atoms with van der Waals surface area (Å²) in [7, 11) is -0.183. The van der Waals surface area contributed by atoms with Gasteiger partial charge in [-0.3, -0.25) is 9.59 Å². The van der Waals surface area contributed by atoms with Crippen molar-refractivity contribution in [3.63, 3.8) is 0 Å². The minimum absolute atomic E-state index is 0. The van der Waals surface area contributed by atoms with Crippen molar-refractivity contribution in [3.8, 4) is 5.75 Å². The molecule has 5 atom stereocenters. The van der Waals surface area contributed by atoms with Gasteiger partial charge in [0.1, 0.15) is 5.75 Å². The van der Waals surface area contributed by atoms with Gasteiger partial charge in [0.25, 0.3) is 5.91 Å². The number of fused-ring (bicyclic) bond motifs is 4. The van der Waals surface area contributed by atoms with Crippen molar-refractivity contribution in [2.45, 2.75) is 63.0 Å². The molecule has 0 saturated heterocycles. The summed E-state index contributed by atoms with van der Waals surface area (Å²) in [5.41, 5.74) is 3.22. The molecule has 260 valence electrons. The van der Waals surface area contributed by atoms with Crippen molar-refractivity contribution >= 4 is 74.0 Å². The van der Waals surface area contributed by atoms with Gasteiger partial charge in [0, 0.05) is 35.0 Å². The maximum Gasteiger partial charge on any atom is 0.264 e. The lowest BCUT2D eigenvalue weighted by Gasteiger charge is -2.44. The molecule has 2 aliphatic heterocycles. The van der Waals surface area contributed by atoms with Gasteiger partial charge >= 0.3 is 0 Å². The SMILES string of the molecule is CI.CNC.C[C@@H]1[C@@H](C)C/C=C/C(=O)[C@@H]2CC[C@H]2CN2C[C@@]3(CCCc4cc(Cl)ccc43)COc3ccc(cc32)C(=O)NS1(=O)=O.Cl. The minimum atomic E-state index is -3.93. The van der Waals surface area contributed by atoms with E-state index < -0.39 is 21.2 Å². The molecule has 0 radical (unpaired) electrons. The lowest BCUT2D eigenvalue weighted by Crippen LogP contribution is -2.49. The van der Waals surface area contributed by atoms with Crippen molar-refractivity contribution in [1.82, 2.24) is 10.0 Å². The largest absolute Gasteiger partial charge is 0.490 e. The molecule has 8 nitrogen and oxygen atoms in total. The van der Waals surface area contributed by atoms with Gasteiger partial charge in [-0.05, 0) is 124 Å². The number of nitrogens with one attached hydrogen (secondary N) is 2. The second-order valence-corrected chi connectivity index (χ2v) is 15.4. The molecule has 1 fully saturated rings. The first kappa shape index (κ1) is 39.6. The van der Waals surface area contributed by atoms with Gasteiger partial charge in [0.05, 0.1) is 17.5 Å². The molecule has 12 heteroatoms. The molecule has 1 spiro atoms. The fraction of sp³-hybridized carbons (Fsp3) is 0.543. The second-order valence-electron chi connectivity index (χ2n) is 12.9. The molecule has 2 N–H and O–H groups in total. The molecule has 4 aliphatic rings. The molecule has 2 aromatic carbocycles. The van der Waals surface area contributed by atoms with Crippen LogP contribution < -0.4 is 19.7 Å². The first-order chi connectivity index (χ1) is 22.0. The van der Waals surface area contributed by atoms with Gasteiger partial charge < -0.3 is 15.0 Å². The third-order valence-electron chi connectivity index (χ3n) is 9.85. The Balaban J connectivity index is 0.000000947. The molecule has 47 heavy (non-hydrogen) atoms. The highest BCUT2D eigenvalue weighted by Gasteiger charge is 2.44. The predicted octanol–water partition coefficient (Wildman–Crippen LogP) is 6.76. The van der Waals surface area contributed by atoms with E-state index in [2.05, 4.69) is 49.7 Å². The van der Waals surface area contributed by atoms with Crippen molar-refractivity contribution in [3.05, 3.63) is 70.3 Å². The van der Waals surface area contributed by atoms with E-state index in [4.69, 9.17) is 16.3 Å². The number of ether oxygens (including phenoxy) is 1. The third-order valence-corrected chi connectivity index (χ3v) is 12.0. The molecule has 2 aliphatic carbocycles. The number of hydrogen-bond acceptors (Lipinski definition) is 7. The summed E-state index contributed by atoms with van der Waals surface area (Å²) in [5, 5.41) is 2.66. The summed E-state index contributed by atoms with van der Waals surface area (Å²) in [5.74, 6) is -0.0319. The first-order valence-corrected chi connectivity index (χ1v) is 20.1. The van der Waals surface area contributed by atoms with Crippen LogP contribution in [0.3, 0.4) is 0 Å². The van der Waals surface area contributed by atoms with E-state index in [-0.39, 0.29) is 46.9 Å². The van der Waals surface area contributed by atoms with E-state index in [1.807, 2.05) is 32.0 Å². The number of alkyl halides is 1. The monoisotopic (exact) mass is 819 g/mol. The maximum atomic E-state index is 13.3. The summed E-state index contributed by atoms with van der Waals surface area (Å²) < 4.78 is 35.0. The number of nitrogens with zero attached hydrogens (tertiary/aromatic N) is 1. The van der Waals surface area contributed by atoms with Crippen molar-refractivity contribution < 1.29 is 22.7 Å². The lowest BCUT2D eigenvalue weighted by molar-refractivity contribution is -0.122. The molecule has 2 bridgehead atoms. The van der Waals surface area contributed by atoms with Crippen LogP contribution in [0, 0.1) is 17.8 Å². The zero-order valence-corrected chi connectivity index (χ0v) is 32.4. The Morgan fingerprint density at radius 1 is 1.09 bits per heavy atom. The summed E-state index contributed by atoms with van der Waals surface area (Å²) >= 11 is 8.52. The van der Waals surface area contributed by atoms with E-state index in [0.717, 1.165) is 42.8 Å². The topological polar surface area (TPSA) is 105 Å². The molecular formula is C35H48Cl2IN3O5S. The number of hydrogen-bond donors (Lipinski definition) is 2. The smallest absolute Gasteiger partial charge is 0.264 e. The molecular weight excluding hydrogens is 772 g/mol. The summed E-state index contributed by atoms with van der Waals surface area (Å²) in [4.78, 5) is 30.8. The fourth-order valence-electron chi connectivity index (χ4n) is 7.00. The van der Waals surface area contributed by atoms with Crippen molar-refractivity contribution in [1.29, 1.82) is 0 Å². The molecule has 1 amide bonds. The number of carbonyl (C=O) groups is 2. The van der Waals surface area contributed by atoms with Crippen LogP contribution in [0.1, 0.15) is 67.4 Å². The molecule has 0 unspecified atom stereocenters. The van der Waals surface area contributed by atoms with Gasteiger partial charge in [-0.2, -0.15) is 0 Å². The van der Waals surface area contributed by atoms with Crippen LogP contribution in [-0.2, 0) is 26.7 Å². The number of carbonyl (C=O) groups excluding carboxylic acids is 2. The quantitative estimate of drug-likeness (QED) is 0.224. The van der Waals surface area contributed by atoms with Crippen molar-refractivity contribution in [2.75, 3.05) is 43.6 Å². The Kier molecular flexibility index (Phi) is 14.5. The maximum absolute atomic E-state index is 13.3. The molecule has 0 aromatic heterocycles. The average Bonchev–Trinajstić information content (AvgIpc) is 3.16. The van der Waals surface area contributed by atoms with Crippen LogP contribution in [0.15, 0.2) is 48.6 Å². The number of aryl methyl sites for hydroxylation is 1. The van der Waals surface area contributed by atoms with E-state index in [1.54, 1.807) is 37.3 Å². The summed E-state index contributed by atoms with van der Waals surface area (Å²) in [6.45, 7) is 5.23. The predicted molar refractivity (Wildman–Crippen MR) is 202 cm³/mol. The van der Waals surface area contributed by atoms with Gasteiger partial charge in [0.2, 0.25) is 10.0 Å². The van der Waals surface area contributed by atoms with Gasteiger partial charge in [-0.25, -0.2) is 13.1 Å². The molecule has 1 saturated carbocycles. The highest BCUT2D eigenvalue weighted by Crippen LogP contribution is 2.46. The van der Waals surface area contributed by atoms with E-state index in [0.29, 0.717) is 31.9 Å². The number of rotatable bonds is 0. The van der Waals surface area contributed by atoms with Crippen LogP contribution >= 0.6 is 46.6 Å². The van der Waals surface area contributed by atoms with Crippen molar-refractivity contribution in [2.24, 2.45) is 17.8 Å². The average molecular weight is 821 g/mol. The second kappa shape index (κ2) is 17.2. The Bertz CT molecular complexity index is 1560. The number of amides is 1. The Labute approximate surface area is 305 Å².